The van der Waals surface area contributed by atoms with Crippen molar-refractivity contribution in [2.24, 2.45) is 13.0 Å². The summed E-state index contributed by atoms with van der Waals surface area (Å²) in [6, 6.07) is 8.19. The molecule has 27 heavy (non-hydrogen) atoms. The standard InChI is InChI=1S/C21H28N4O2/c1-15(26)24-11-6-8-17(14-24)21(27)25-12-5-7-16(13-25)20-22-18-9-3-4-10-19(18)23(20)2/h3-4,9-10,16-17H,5-8,11-14H2,1-2H3. The molecule has 6 nitrogen and oxygen atoms in total. The van der Waals surface area contributed by atoms with Crippen molar-refractivity contribution in [2.75, 3.05) is 26.2 Å². The molecule has 2 saturated heterocycles. The van der Waals surface area contributed by atoms with Crippen LogP contribution in [-0.4, -0.2) is 57.3 Å². The highest BCUT2D eigenvalue weighted by molar-refractivity contribution is 5.81. The van der Waals surface area contributed by atoms with Gasteiger partial charge in [-0.25, -0.2) is 4.98 Å². The van der Waals surface area contributed by atoms with Crippen LogP contribution in [0.2, 0.25) is 0 Å². The van der Waals surface area contributed by atoms with E-state index in [2.05, 4.69) is 17.7 Å². The van der Waals surface area contributed by atoms with E-state index in [-0.39, 0.29) is 23.7 Å². The van der Waals surface area contributed by atoms with E-state index in [9.17, 15) is 9.59 Å². The molecule has 2 aliphatic rings. The Kier molecular flexibility index (Phi) is 4.89. The van der Waals surface area contributed by atoms with Crippen LogP contribution in [0.25, 0.3) is 11.0 Å². The monoisotopic (exact) mass is 368 g/mol. The Morgan fingerprint density at radius 2 is 1.78 bits per heavy atom. The maximum atomic E-state index is 13.1. The number of benzene rings is 1. The van der Waals surface area contributed by atoms with E-state index >= 15 is 0 Å². The number of rotatable bonds is 2. The van der Waals surface area contributed by atoms with Gasteiger partial charge in [-0.2, -0.15) is 0 Å². The first-order valence-corrected chi connectivity index (χ1v) is 10.00. The third-order valence-corrected chi connectivity index (χ3v) is 6.14. The molecule has 1 aromatic carbocycles. The van der Waals surface area contributed by atoms with Gasteiger partial charge < -0.3 is 14.4 Å². The lowest BCUT2D eigenvalue weighted by Gasteiger charge is -2.38. The van der Waals surface area contributed by atoms with Crippen molar-refractivity contribution in [1.29, 1.82) is 0 Å². The summed E-state index contributed by atoms with van der Waals surface area (Å²) in [6.45, 7) is 4.49. The fourth-order valence-electron chi connectivity index (χ4n) is 4.64. The second-order valence-corrected chi connectivity index (χ2v) is 7.95. The van der Waals surface area contributed by atoms with Gasteiger partial charge in [-0.3, -0.25) is 9.59 Å². The summed E-state index contributed by atoms with van der Waals surface area (Å²) in [7, 11) is 2.07. The molecule has 6 heteroatoms. The van der Waals surface area contributed by atoms with Gasteiger partial charge in [0.2, 0.25) is 11.8 Å². The van der Waals surface area contributed by atoms with Crippen LogP contribution in [0.1, 0.15) is 44.3 Å². The van der Waals surface area contributed by atoms with E-state index in [1.165, 1.54) is 0 Å². The van der Waals surface area contributed by atoms with Crippen LogP contribution < -0.4 is 0 Å². The number of imidazole rings is 1. The predicted octanol–water partition coefficient (Wildman–Crippen LogP) is 2.54. The number of nitrogens with zero attached hydrogens (tertiary/aromatic N) is 4. The quantitative estimate of drug-likeness (QED) is 0.818. The highest BCUT2D eigenvalue weighted by Crippen LogP contribution is 2.30. The van der Waals surface area contributed by atoms with Gasteiger partial charge in [0.15, 0.2) is 0 Å². The summed E-state index contributed by atoms with van der Waals surface area (Å²) >= 11 is 0. The smallest absolute Gasteiger partial charge is 0.227 e. The van der Waals surface area contributed by atoms with Crippen molar-refractivity contribution >= 4 is 22.8 Å². The number of fused-ring (bicyclic) bond motifs is 1. The topological polar surface area (TPSA) is 58.4 Å². The lowest BCUT2D eigenvalue weighted by Crippen LogP contribution is -2.48. The molecule has 2 amide bonds. The Hall–Kier alpha value is -2.37. The summed E-state index contributed by atoms with van der Waals surface area (Å²) in [4.78, 5) is 33.5. The number of aromatic nitrogens is 2. The lowest BCUT2D eigenvalue weighted by molar-refractivity contribution is -0.141. The molecule has 0 N–H and O–H groups in total. The van der Waals surface area contributed by atoms with Gasteiger partial charge in [0.25, 0.3) is 0 Å². The molecule has 0 aliphatic carbocycles. The van der Waals surface area contributed by atoms with Crippen molar-refractivity contribution in [3.05, 3.63) is 30.1 Å². The lowest BCUT2D eigenvalue weighted by atomic mass is 9.92. The van der Waals surface area contributed by atoms with Crippen molar-refractivity contribution in [3.63, 3.8) is 0 Å². The molecule has 2 aliphatic heterocycles. The van der Waals surface area contributed by atoms with Crippen LogP contribution in [0.3, 0.4) is 0 Å². The Morgan fingerprint density at radius 3 is 2.56 bits per heavy atom. The van der Waals surface area contributed by atoms with Gasteiger partial charge in [0, 0.05) is 46.1 Å². The first-order valence-electron chi connectivity index (χ1n) is 10.00. The molecule has 0 spiro atoms. The third kappa shape index (κ3) is 3.45. The number of piperidine rings is 2. The molecule has 0 bridgehead atoms. The van der Waals surface area contributed by atoms with Gasteiger partial charge in [-0.15, -0.1) is 0 Å². The fraction of sp³-hybridized carbons (Fsp3) is 0.571. The normalized spacial score (nSPS) is 23.6. The second-order valence-electron chi connectivity index (χ2n) is 7.95. The molecule has 3 heterocycles. The molecule has 2 atom stereocenters. The summed E-state index contributed by atoms with van der Waals surface area (Å²) in [6.07, 6.45) is 3.86. The van der Waals surface area contributed by atoms with Crippen LogP contribution in [0.15, 0.2) is 24.3 Å². The van der Waals surface area contributed by atoms with Gasteiger partial charge in [-0.1, -0.05) is 12.1 Å². The van der Waals surface area contributed by atoms with E-state index < -0.39 is 0 Å². The number of amides is 2. The molecule has 1 aromatic heterocycles. The third-order valence-electron chi connectivity index (χ3n) is 6.14. The molecule has 4 rings (SSSR count). The summed E-state index contributed by atoms with van der Waals surface area (Å²) in [5, 5.41) is 0. The highest BCUT2D eigenvalue weighted by Gasteiger charge is 2.34. The minimum Gasteiger partial charge on any atom is -0.342 e. The number of hydrogen-bond donors (Lipinski definition) is 0. The van der Waals surface area contributed by atoms with Crippen LogP contribution in [-0.2, 0) is 16.6 Å². The Morgan fingerprint density at radius 1 is 1.04 bits per heavy atom. The fourth-order valence-corrected chi connectivity index (χ4v) is 4.64. The summed E-state index contributed by atoms with van der Waals surface area (Å²) in [5.74, 6) is 1.57. The number of carbonyl (C=O) groups excluding carboxylic acids is 2. The van der Waals surface area contributed by atoms with Gasteiger partial charge in [0.1, 0.15) is 5.82 Å². The average Bonchev–Trinajstić information content (AvgIpc) is 3.04. The van der Waals surface area contributed by atoms with Crippen LogP contribution in [0.5, 0.6) is 0 Å². The molecular formula is C21H28N4O2. The Labute approximate surface area is 160 Å². The number of para-hydroxylation sites is 2. The van der Waals surface area contributed by atoms with Crippen molar-refractivity contribution in [1.82, 2.24) is 19.4 Å². The second kappa shape index (κ2) is 7.33. The molecule has 2 unspecified atom stereocenters. The first kappa shape index (κ1) is 18.0. The van der Waals surface area contributed by atoms with Crippen LogP contribution in [0, 0.1) is 5.92 Å². The Bertz CT molecular complexity index is 859. The van der Waals surface area contributed by atoms with Gasteiger partial charge in [-0.05, 0) is 37.8 Å². The zero-order valence-corrected chi connectivity index (χ0v) is 16.2. The summed E-state index contributed by atoms with van der Waals surface area (Å²) in [5.41, 5.74) is 2.16. The van der Waals surface area contributed by atoms with Crippen molar-refractivity contribution in [3.8, 4) is 0 Å². The van der Waals surface area contributed by atoms with Crippen LogP contribution in [0.4, 0.5) is 0 Å². The SMILES string of the molecule is CC(=O)N1CCCC(C(=O)N2CCCC(c3nc4ccccc4n3C)C2)C1. The van der Waals surface area contributed by atoms with Crippen molar-refractivity contribution < 1.29 is 9.59 Å². The molecule has 2 aromatic rings. The van der Waals surface area contributed by atoms with E-state index in [1.807, 2.05) is 28.0 Å². The Balaban J connectivity index is 1.49. The highest BCUT2D eigenvalue weighted by atomic mass is 16.2. The van der Waals surface area contributed by atoms with Crippen molar-refractivity contribution in [2.45, 2.75) is 38.5 Å². The largest absolute Gasteiger partial charge is 0.342 e. The molecule has 0 radical (unpaired) electrons. The molecular weight excluding hydrogens is 340 g/mol. The van der Waals surface area contributed by atoms with E-state index in [4.69, 9.17) is 4.98 Å². The number of likely N-dealkylation sites (tertiary alicyclic amines) is 2. The maximum Gasteiger partial charge on any atom is 0.227 e. The predicted molar refractivity (Wildman–Crippen MR) is 104 cm³/mol. The van der Waals surface area contributed by atoms with E-state index in [0.29, 0.717) is 6.54 Å². The first-order chi connectivity index (χ1) is 13.0. The number of aryl methyl sites for hydroxylation is 1. The summed E-state index contributed by atoms with van der Waals surface area (Å²) < 4.78 is 2.17. The zero-order valence-electron chi connectivity index (χ0n) is 16.2. The van der Waals surface area contributed by atoms with E-state index in [1.54, 1.807) is 6.92 Å². The molecule has 2 fully saturated rings. The minimum atomic E-state index is -0.0538. The average molecular weight is 368 g/mol. The number of hydrogen-bond acceptors (Lipinski definition) is 3. The minimum absolute atomic E-state index is 0.0538. The maximum absolute atomic E-state index is 13.1. The van der Waals surface area contributed by atoms with E-state index in [0.717, 1.165) is 62.2 Å². The molecule has 0 saturated carbocycles. The van der Waals surface area contributed by atoms with Crippen LogP contribution >= 0.6 is 0 Å². The zero-order chi connectivity index (χ0) is 19.0. The van der Waals surface area contributed by atoms with Gasteiger partial charge >= 0.3 is 0 Å². The molecule has 144 valence electrons. The van der Waals surface area contributed by atoms with Gasteiger partial charge in [0.05, 0.1) is 17.0 Å². The number of carbonyl (C=O) groups is 2.